The molecule has 1 heterocycles. The maximum absolute atomic E-state index is 12.5. The van der Waals surface area contributed by atoms with E-state index in [1.54, 1.807) is 13.0 Å². The van der Waals surface area contributed by atoms with E-state index in [0.29, 0.717) is 36.9 Å². The summed E-state index contributed by atoms with van der Waals surface area (Å²) in [6.07, 6.45) is 1.32. The normalized spacial score (nSPS) is 23.4. The maximum Gasteiger partial charge on any atom is 0.253 e. The monoisotopic (exact) mass is 269 g/mol. The second kappa shape index (κ2) is 6.04. The number of amides is 1. The average molecular weight is 269 g/mol. The number of aromatic nitrogens is 2. The van der Waals surface area contributed by atoms with Crippen LogP contribution in [0.3, 0.4) is 0 Å². The van der Waals surface area contributed by atoms with Crippen LogP contribution < -0.4 is 5.32 Å². The van der Waals surface area contributed by atoms with Crippen molar-refractivity contribution in [1.82, 2.24) is 15.5 Å². The van der Waals surface area contributed by atoms with Crippen LogP contribution in [0.4, 0.5) is 8.78 Å². The van der Waals surface area contributed by atoms with Gasteiger partial charge in [0.1, 0.15) is 0 Å². The number of nitrogens with zero attached hydrogens (tertiary/aromatic N) is 2. The van der Waals surface area contributed by atoms with Crippen LogP contribution in [-0.4, -0.2) is 28.6 Å². The van der Waals surface area contributed by atoms with Crippen LogP contribution in [-0.2, 0) is 0 Å². The largest absolute Gasteiger partial charge is 0.349 e. The van der Waals surface area contributed by atoms with E-state index >= 15 is 0 Å². The van der Waals surface area contributed by atoms with E-state index < -0.39 is 12.3 Å². The number of aryl methyl sites for hydroxylation is 1. The summed E-state index contributed by atoms with van der Waals surface area (Å²) >= 11 is 0. The molecule has 1 saturated carbocycles. The van der Waals surface area contributed by atoms with Crippen LogP contribution in [0.2, 0.25) is 0 Å². The molecule has 1 aliphatic rings. The predicted octanol–water partition coefficient (Wildman–Crippen LogP) is 2.34. The molecule has 0 aliphatic heterocycles. The summed E-state index contributed by atoms with van der Waals surface area (Å²) in [6, 6.07) is 1.64. The van der Waals surface area contributed by atoms with Gasteiger partial charge in [0.15, 0.2) is 0 Å². The van der Waals surface area contributed by atoms with E-state index in [1.807, 2.05) is 0 Å². The Hall–Kier alpha value is -1.59. The van der Waals surface area contributed by atoms with E-state index in [4.69, 9.17) is 0 Å². The third-order valence-corrected chi connectivity index (χ3v) is 3.50. The van der Waals surface area contributed by atoms with Crippen molar-refractivity contribution >= 4 is 5.91 Å². The summed E-state index contributed by atoms with van der Waals surface area (Å²) in [7, 11) is 0. The summed E-state index contributed by atoms with van der Waals surface area (Å²) < 4.78 is 25.0. The fourth-order valence-electron chi connectivity index (χ4n) is 2.38. The van der Waals surface area contributed by atoms with Crippen molar-refractivity contribution in [3.05, 3.63) is 23.5 Å². The molecule has 0 aromatic carbocycles. The molecule has 6 heteroatoms. The van der Waals surface area contributed by atoms with Gasteiger partial charge in [0.25, 0.3) is 5.91 Å². The van der Waals surface area contributed by atoms with Crippen LogP contribution in [0.15, 0.2) is 12.3 Å². The predicted molar refractivity (Wildman–Crippen MR) is 66.0 cm³/mol. The van der Waals surface area contributed by atoms with Gasteiger partial charge in [-0.2, -0.15) is 10.2 Å². The number of carbonyl (C=O) groups is 1. The molecule has 1 N–H and O–H groups in total. The lowest BCUT2D eigenvalue weighted by molar-refractivity contribution is 0.0499. The summed E-state index contributed by atoms with van der Waals surface area (Å²) in [5.74, 6) is -0.725. The van der Waals surface area contributed by atoms with Crippen molar-refractivity contribution in [2.75, 3.05) is 0 Å². The summed E-state index contributed by atoms with van der Waals surface area (Å²) in [5, 5.41) is 10.4. The quantitative estimate of drug-likeness (QED) is 0.916. The van der Waals surface area contributed by atoms with Crippen molar-refractivity contribution < 1.29 is 13.6 Å². The first kappa shape index (κ1) is 13.8. The Labute approximate surface area is 110 Å². The Balaban J connectivity index is 1.87. The molecule has 19 heavy (non-hydrogen) atoms. The minimum absolute atomic E-state index is 0.0176. The third kappa shape index (κ3) is 3.68. The second-order valence-corrected chi connectivity index (χ2v) is 5.01. The Morgan fingerprint density at radius 2 is 2.05 bits per heavy atom. The van der Waals surface area contributed by atoms with E-state index in [-0.39, 0.29) is 11.9 Å². The first-order valence-corrected chi connectivity index (χ1v) is 6.44. The van der Waals surface area contributed by atoms with Gasteiger partial charge in [0.2, 0.25) is 6.43 Å². The molecule has 104 valence electrons. The number of hydrogen-bond donors (Lipinski definition) is 1. The van der Waals surface area contributed by atoms with Gasteiger partial charge in [0, 0.05) is 12.0 Å². The Kier molecular flexibility index (Phi) is 4.39. The van der Waals surface area contributed by atoms with Gasteiger partial charge in [-0.05, 0) is 38.7 Å². The van der Waals surface area contributed by atoms with Crippen molar-refractivity contribution in [2.45, 2.75) is 45.1 Å². The zero-order chi connectivity index (χ0) is 13.8. The number of nitrogens with one attached hydrogen (secondary N) is 1. The Morgan fingerprint density at radius 3 is 2.63 bits per heavy atom. The van der Waals surface area contributed by atoms with Crippen LogP contribution in [0.25, 0.3) is 0 Å². The van der Waals surface area contributed by atoms with Gasteiger partial charge < -0.3 is 5.32 Å². The van der Waals surface area contributed by atoms with Crippen molar-refractivity contribution in [2.24, 2.45) is 5.92 Å². The maximum atomic E-state index is 12.5. The molecular formula is C13H17F2N3O. The first-order valence-electron chi connectivity index (χ1n) is 6.44. The molecule has 4 nitrogen and oxygen atoms in total. The summed E-state index contributed by atoms with van der Waals surface area (Å²) in [5.41, 5.74) is 1.14. The SMILES string of the molecule is Cc1cc(C(=O)NC2CCC(C(F)F)CC2)cnn1. The Bertz CT molecular complexity index is 445. The molecule has 1 aromatic heterocycles. The topological polar surface area (TPSA) is 54.9 Å². The van der Waals surface area contributed by atoms with Crippen molar-refractivity contribution in [3.8, 4) is 0 Å². The molecular weight excluding hydrogens is 252 g/mol. The zero-order valence-corrected chi connectivity index (χ0v) is 10.8. The first-order chi connectivity index (χ1) is 9.06. The van der Waals surface area contributed by atoms with Gasteiger partial charge >= 0.3 is 0 Å². The van der Waals surface area contributed by atoms with Crippen molar-refractivity contribution in [1.29, 1.82) is 0 Å². The van der Waals surface area contributed by atoms with E-state index in [1.165, 1.54) is 6.20 Å². The summed E-state index contributed by atoms with van der Waals surface area (Å²) in [6.45, 7) is 1.76. The lowest BCUT2D eigenvalue weighted by atomic mass is 9.86. The fourth-order valence-corrected chi connectivity index (χ4v) is 2.38. The second-order valence-electron chi connectivity index (χ2n) is 5.01. The van der Waals surface area contributed by atoms with Gasteiger partial charge in [-0.15, -0.1) is 0 Å². The zero-order valence-electron chi connectivity index (χ0n) is 10.8. The molecule has 1 fully saturated rings. The molecule has 0 saturated heterocycles. The van der Waals surface area contributed by atoms with Crippen LogP contribution >= 0.6 is 0 Å². The number of carbonyl (C=O) groups excluding carboxylic acids is 1. The van der Waals surface area contributed by atoms with Crippen molar-refractivity contribution in [3.63, 3.8) is 0 Å². The molecule has 0 bridgehead atoms. The highest BCUT2D eigenvalue weighted by molar-refractivity contribution is 5.94. The molecule has 0 radical (unpaired) electrons. The van der Waals surface area contributed by atoms with Gasteiger partial charge in [-0.3, -0.25) is 4.79 Å². The van der Waals surface area contributed by atoms with Crippen LogP contribution in [0.1, 0.15) is 41.7 Å². The smallest absolute Gasteiger partial charge is 0.253 e. The van der Waals surface area contributed by atoms with Gasteiger partial charge in [-0.25, -0.2) is 8.78 Å². The number of alkyl halides is 2. The molecule has 0 unspecified atom stereocenters. The van der Waals surface area contributed by atoms with Gasteiger partial charge in [0.05, 0.1) is 17.5 Å². The molecule has 1 amide bonds. The number of hydrogen-bond acceptors (Lipinski definition) is 3. The van der Waals surface area contributed by atoms with Gasteiger partial charge in [-0.1, -0.05) is 0 Å². The molecule has 0 spiro atoms. The highest BCUT2D eigenvalue weighted by atomic mass is 19.3. The van der Waals surface area contributed by atoms with Crippen LogP contribution in [0, 0.1) is 12.8 Å². The number of rotatable bonds is 3. The summed E-state index contributed by atoms with van der Waals surface area (Å²) in [4.78, 5) is 12.0. The third-order valence-electron chi connectivity index (χ3n) is 3.50. The lowest BCUT2D eigenvalue weighted by Crippen LogP contribution is -2.38. The van der Waals surface area contributed by atoms with E-state index in [2.05, 4.69) is 15.5 Å². The standard InChI is InChI=1S/C13H17F2N3O/c1-8-6-10(7-16-18-8)13(19)17-11-4-2-9(3-5-11)12(14)15/h6-7,9,11-12H,2-5H2,1H3,(H,17,19). The highest BCUT2D eigenvalue weighted by Crippen LogP contribution is 2.29. The number of halogens is 2. The highest BCUT2D eigenvalue weighted by Gasteiger charge is 2.28. The molecule has 0 atom stereocenters. The Morgan fingerprint density at radius 1 is 1.37 bits per heavy atom. The minimum atomic E-state index is -2.25. The van der Waals surface area contributed by atoms with E-state index in [0.717, 1.165) is 0 Å². The molecule has 1 aromatic rings. The van der Waals surface area contributed by atoms with Crippen LogP contribution in [0.5, 0.6) is 0 Å². The lowest BCUT2D eigenvalue weighted by Gasteiger charge is -2.28. The van der Waals surface area contributed by atoms with E-state index in [9.17, 15) is 13.6 Å². The minimum Gasteiger partial charge on any atom is -0.349 e. The molecule has 2 rings (SSSR count). The fraction of sp³-hybridized carbons (Fsp3) is 0.615. The molecule has 1 aliphatic carbocycles. The average Bonchev–Trinajstić information content (AvgIpc) is 2.39.